The normalized spacial score (nSPS) is 26.4. The number of hydrogen-bond donors (Lipinski definition) is 1. The number of aliphatic hydroxyl groups excluding tert-OH is 1. The average molecular weight is 344 g/mol. The van der Waals surface area contributed by atoms with E-state index >= 15 is 0 Å². The molecule has 4 rings (SSSR count). The number of carbonyl (C=O) groups is 1. The van der Waals surface area contributed by atoms with Gasteiger partial charge in [-0.2, -0.15) is 0 Å². The molecule has 1 aromatic heterocycles. The monoisotopic (exact) mass is 344 g/mol. The Labute approximate surface area is 144 Å². The van der Waals surface area contributed by atoms with E-state index in [0.717, 1.165) is 23.4 Å². The van der Waals surface area contributed by atoms with Crippen molar-refractivity contribution in [2.45, 2.75) is 25.0 Å². The van der Waals surface area contributed by atoms with Gasteiger partial charge in [0.25, 0.3) is 5.91 Å². The van der Waals surface area contributed by atoms with Crippen LogP contribution >= 0.6 is 11.3 Å². The van der Waals surface area contributed by atoms with Crippen molar-refractivity contribution in [2.24, 2.45) is 5.92 Å². The largest absolute Gasteiger partial charge is 0.396 e. The molecule has 1 N–H and O–H groups in total. The first-order valence-corrected chi connectivity index (χ1v) is 9.18. The Morgan fingerprint density at radius 2 is 2.17 bits per heavy atom. The highest BCUT2D eigenvalue weighted by atomic mass is 32.1. The van der Waals surface area contributed by atoms with Gasteiger partial charge in [-0.15, -0.1) is 11.3 Å². The maximum absolute atomic E-state index is 12.9. The Balaban J connectivity index is 1.54. The number of morpholine rings is 1. The fourth-order valence-electron chi connectivity index (χ4n) is 3.68. The van der Waals surface area contributed by atoms with E-state index in [-0.39, 0.29) is 30.6 Å². The Morgan fingerprint density at radius 1 is 1.33 bits per heavy atom. The SMILES string of the molecule is O=C(c1csc(-c2ccccc2)n1)N1CCOC2C[C@H](CO)C[C@@H]21. The Kier molecular flexibility index (Phi) is 4.35. The van der Waals surface area contributed by atoms with Gasteiger partial charge in [0.05, 0.1) is 18.8 Å². The molecule has 2 fully saturated rings. The van der Waals surface area contributed by atoms with Crippen LogP contribution in [-0.4, -0.2) is 52.8 Å². The molecule has 2 heterocycles. The summed E-state index contributed by atoms with van der Waals surface area (Å²) in [5, 5.41) is 12.1. The minimum Gasteiger partial charge on any atom is -0.396 e. The zero-order chi connectivity index (χ0) is 16.5. The van der Waals surface area contributed by atoms with E-state index in [2.05, 4.69) is 4.98 Å². The molecule has 1 saturated carbocycles. The van der Waals surface area contributed by atoms with E-state index in [1.54, 1.807) is 0 Å². The molecule has 0 spiro atoms. The van der Waals surface area contributed by atoms with Gasteiger partial charge >= 0.3 is 0 Å². The Morgan fingerprint density at radius 3 is 2.96 bits per heavy atom. The zero-order valence-electron chi connectivity index (χ0n) is 13.3. The van der Waals surface area contributed by atoms with Gasteiger partial charge in [-0.05, 0) is 18.8 Å². The summed E-state index contributed by atoms with van der Waals surface area (Å²) in [6.45, 7) is 1.31. The standard InChI is InChI=1S/C18H20N2O3S/c21-10-12-8-15-16(9-12)23-7-6-20(15)18(22)14-11-24-17(19-14)13-4-2-1-3-5-13/h1-5,11-12,15-16,21H,6-10H2/t12-,15+,16?/m1/s1. The second kappa shape index (κ2) is 6.63. The summed E-state index contributed by atoms with van der Waals surface area (Å²) >= 11 is 1.50. The van der Waals surface area contributed by atoms with Crippen LogP contribution in [0.2, 0.25) is 0 Å². The van der Waals surface area contributed by atoms with Crippen LogP contribution in [0.15, 0.2) is 35.7 Å². The zero-order valence-corrected chi connectivity index (χ0v) is 14.1. The van der Waals surface area contributed by atoms with Crippen LogP contribution < -0.4 is 0 Å². The van der Waals surface area contributed by atoms with E-state index in [1.807, 2.05) is 40.6 Å². The minimum atomic E-state index is -0.0229. The first-order valence-electron chi connectivity index (χ1n) is 8.30. The summed E-state index contributed by atoms with van der Waals surface area (Å²) in [5.74, 6) is 0.203. The number of nitrogens with zero attached hydrogens (tertiary/aromatic N) is 2. The number of rotatable bonds is 3. The molecule has 2 aromatic rings. The first kappa shape index (κ1) is 15.7. The number of ether oxygens (including phenoxy) is 1. The lowest BCUT2D eigenvalue weighted by Crippen LogP contribution is -2.51. The lowest BCUT2D eigenvalue weighted by Gasteiger charge is -2.37. The lowest BCUT2D eigenvalue weighted by atomic mass is 10.1. The molecule has 0 bridgehead atoms. The van der Waals surface area contributed by atoms with Crippen molar-refractivity contribution >= 4 is 17.2 Å². The number of fused-ring (bicyclic) bond motifs is 1. The number of thiazole rings is 1. The molecule has 2 aliphatic rings. The quantitative estimate of drug-likeness (QED) is 0.929. The Bertz CT molecular complexity index is 718. The maximum atomic E-state index is 12.9. The van der Waals surface area contributed by atoms with Gasteiger partial charge in [-0.3, -0.25) is 4.79 Å². The average Bonchev–Trinajstić information content (AvgIpc) is 3.28. The highest BCUT2D eigenvalue weighted by Gasteiger charge is 2.43. The lowest BCUT2D eigenvalue weighted by molar-refractivity contribution is -0.0450. The molecule has 1 saturated heterocycles. The third kappa shape index (κ3) is 2.85. The van der Waals surface area contributed by atoms with Crippen LogP contribution in [0, 0.1) is 5.92 Å². The van der Waals surface area contributed by atoms with Crippen LogP contribution in [0.3, 0.4) is 0 Å². The van der Waals surface area contributed by atoms with Crippen molar-refractivity contribution in [1.82, 2.24) is 9.88 Å². The summed E-state index contributed by atoms with van der Waals surface area (Å²) in [6, 6.07) is 9.97. The summed E-state index contributed by atoms with van der Waals surface area (Å²) < 4.78 is 5.80. The fourth-order valence-corrected chi connectivity index (χ4v) is 4.48. The van der Waals surface area contributed by atoms with Crippen LogP contribution in [-0.2, 0) is 4.74 Å². The summed E-state index contributed by atoms with van der Waals surface area (Å²) in [7, 11) is 0. The minimum absolute atomic E-state index is 0.0229. The number of aliphatic hydroxyl groups is 1. The van der Waals surface area contributed by atoms with Crippen LogP contribution in [0.1, 0.15) is 23.3 Å². The summed E-state index contributed by atoms with van der Waals surface area (Å²) in [5.41, 5.74) is 1.54. The number of amides is 1. The van der Waals surface area contributed by atoms with Gasteiger partial charge in [-0.25, -0.2) is 4.98 Å². The molecule has 5 nitrogen and oxygen atoms in total. The van der Waals surface area contributed by atoms with Crippen LogP contribution in [0.5, 0.6) is 0 Å². The highest BCUT2D eigenvalue weighted by Crippen LogP contribution is 2.35. The predicted molar refractivity (Wildman–Crippen MR) is 91.9 cm³/mol. The van der Waals surface area contributed by atoms with E-state index in [4.69, 9.17) is 4.74 Å². The van der Waals surface area contributed by atoms with Crippen molar-refractivity contribution < 1.29 is 14.6 Å². The van der Waals surface area contributed by atoms with Gasteiger partial charge in [0.1, 0.15) is 10.7 Å². The first-order chi connectivity index (χ1) is 11.8. The van der Waals surface area contributed by atoms with Gasteiger partial charge in [0, 0.05) is 24.1 Å². The van der Waals surface area contributed by atoms with Crippen LogP contribution in [0.25, 0.3) is 10.6 Å². The van der Waals surface area contributed by atoms with E-state index < -0.39 is 0 Å². The molecule has 1 aliphatic carbocycles. The van der Waals surface area contributed by atoms with Crippen molar-refractivity contribution in [3.05, 3.63) is 41.4 Å². The molecule has 0 radical (unpaired) electrons. The fraction of sp³-hybridized carbons (Fsp3) is 0.444. The van der Waals surface area contributed by atoms with E-state index in [1.165, 1.54) is 11.3 Å². The topological polar surface area (TPSA) is 62.7 Å². The van der Waals surface area contributed by atoms with Gasteiger partial charge < -0.3 is 14.7 Å². The van der Waals surface area contributed by atoms with E-state index in [9.17, 15) is 9.90 Å². The molecule has 1 unspecified atom stereocenters. The van der Waals surface area contributed by atoms with Crippen molar-refractivity contribution in [3.63, 3.8) is 0 Å². The van der Waals surface area contributed by atoms with Gasteiger partial charge in [0.2, 0.25) is 0 Å². The molecular formula is C18H20N2O3S. The third-order valence-electron chi connectivity index (χ3n) is 4.90. The molecule has 24 heavy (non-hydrogen) atoms. The second-order valence-corrected chi connectivity index (χ2v) is 7.26. The van der Waals surface area contributed by atoms with Gasteiger partial charge in [-0.1, -0.05) is 30.3 Å². The number of carbonyl (C=O) groups excluding carboxylic acids is 1. The number of benzene rings is 1. The molecule has 6 heteroatoms. The number of aromatic nitrogens is 1. The Hall–Kier alpha value is -1.76. The van der Waals surface area contributed by atoms with Crippen LogP contribution in [0.4, 0.5) is 0 Å². The molecular weight excluding hydrogens is 324 g/mol. The van der Waals surface area contributed by atoms with E-state index in [0.29, 0.717) is 18.8 Å². The van der Waals surface area contributed by atoms with Gasteiger partial charge in [0.15, 0.2) is 0 Å². The summed E-state index contributed by atoms with van der Waals surface area (Å²) in [4.78, 5) is 19.4. The highest BCUT2D eigenvalue weighted by molar-refractivity contribution is 7.13. The van der Waals surface area contributed by atoms with Crippen molar-refractivity contribution in [2.75, 3.05) is 19.8 Å². The molecule has 1 amide bonds. The molecule has 1 aliphatic heterocycles. The van der Waals surface area contributed by atoms with Crippen molar-refractivity contribution in [3.8, 4) is 10.6 Å². The van der Waals surface area contributed by atoms with Crippen molar-refractivity contribution in [1.29, 1.82) is 0 Å². The third-order valence-corrected chi connectivity index (χ3v) is 5.79. The predicted octanol–water partition coefficient (Wildman–Crippen LogP) is 2.42. The molecule has 1 aromatic carbocycles. The molecule has 3 atom stereocenters. The maximum Gasteiger partial charge on any atom is 0.273 e. The molecule has 126 valence electrons. The number of hydrogen-bond acceptors (Lipinski definition) is 5. The summed E-state index contributed by atoms with van der Waals surface area (Å²) in [6.07, 6.45) is 1.69. The smallest absolute Gasteiger partial charge is 0.273 e. The second-order valence-electron chi connectivity index (χ2n) is 6.40.